The summed E-state index contributed by atoms with van der Waals surface area (Å²) in [5.41, 5.74) is 0. The van der Waals surface area contributed by atoms with E-state index in [1.165, 1.54) is 4.90 Å². The van der Waals surface area contributed by atoms with E-state index in [0.29, 0.717) is 0 Å². The molecule has 1 rings (SSSR count). The Kier molecular flexibility index (Phi) is 7.42. The highest BCUT2D eigenvalue weighted by molar-refractivity contribution is 7.99. The molecule has 2 heteroatoms. The first-order chi connectivity index (χ1) is 5.83. The molecule has 0 aromatic heterocycles. The van der Waals surface area contributed by atoms with Crippen molar-refractivity contribution in [1.82, 2.24) is 0 Å². The maximum atomic E-state index is 5.77. The molecule has 0 unspecified atom stereocenters. The Balaban J connectivity index is 0.000000561. The lowest BCUT2D eigenvalue weighted by molar-refractivity contribution is 1.43. The minimum atomic E-state index is 0.818. The average Bonchev–Trinajstić information content (AvgIpc) is 2.09. The van der Waals surface area contributed by atoms with E-state index in [1.54, 1.807) is 11.8 Å². The van der Waals surface area contributed by atoms with Crippen LogP contribution in [0, 0.1) is 0 Å². The monoisotopic (exact) mass is 202 g/mol. The molecule has 12 heavy (non-hydrogen) atoms. The molecule has 68 valence electrons. The van der Waals surface area contributed by atoms with Crippen molar-refractivity contribution in [3.8, 4) is 0 Å². The van der Waals surface area contributed by atoms with E-state index in [4.69, 9.17) is 11.6 Å². The first kappa shape index (κ1) is 11.9. The van der Waals surface area contributed by atoms with Gasteiger partial charge in [0, 0.05) is 9.92 Å². The molecule has 0 saturated carbocycles. The van der Waals surface area contributed by atoms with E-state index in [2.05, 4.69) is 13.0 Å². The van der Waals surface area contributed by atoms with Gasteiger partial charge in [-0.3, -0.25) is 0 Å². The molecule has 0 aliphatic rings. The van der Waals surface area contributed by atoms with Gasteiger partial charge in [-0.1, -0.05) is 38.4 Å². The lowest BCUT2D eigenvalue weighted by Crippen LogP contribution is -1.71. The van der Waals surface area contributed by atoms with Crippen molar-refractivity contribution in [3.63, 3.8) is 0 Å². The number of hydrogen-bond acceptors (Lipinski definition) is 1. The molecule has 0 amide bonds. The zero-order chi connectivity index (χ0) is 9.40. The molecule has 0 nitrogen and oxygen atoms in total. The van der Waals surface area contributed by atoms with Crippen LogP contribution in [0.1, 0.15) is 20.8 Å². The third kappa shape index (κ3) is 4.68. The standard InChI is InChI=1S/C8H9ClS.C2H6/c1-2-10-8-5-3-4-7(9)6-8;1-2/h3-6H,2H2,1H3;1-2H3. The summed E-state index contributed by atoms with van der Waals surface area (Å²) >= 11 is 7.57. The van der Waals surface area contributed by atoms with E-state index in [9.17, 15) is 0 Å². The van der Waals surface area contributed by atoms with E-state index < -0.39 is 0 Å². The quantitative estimate of drug-likeness (QED) is 0.638. The van der Waals surface area contributed by atoms with Crippen LogP contribution in [0.15, 0.2) is 29.2 Å². The molecule has 0 aliphatic carbocycles. The molecule has 0 atom stereocenters. The highest BCUT2D eigenvalue weighted by atomic mass is 35.5. The van der Waals surface area contributed by atoms with Crippen LogP contribution in [0.3, 0.4) is 0 Å². The molecule has 0 saturated heterocycles. The van der Waals surface area contributed by atoms with Gasteiger partial charge in [-0.2, -0.15) is 0 Å². The summed E-state index contributed by atoms with van der Waals surface area (Å²) in [6.45, 7) is 6.13. The summed E-state index contributed by atoms with van der Waals surface area (Å²) in [7, 11) is 0. The van der Waals surface area contributed by atoms with Crippen LogP contribution in [0.5, 0.6) is 0 Å². The van der Waals surface area contributed by atoms with Gasteiger partial charge in [-0.05, 0) is 24.0 Å². The second-order valence-electron chi connectivity index (χ2n) is 1.89. The van der Waals surface area contributed by atoms with Crippen LogP contribution < -0.4 is 0 Å². The summed E-state index contributed by atoms with van der Waals surface area (Å²) in [6.07, 6.45) is 0. The number of halogens is 1. The Labute approximate surface area is 84.3 Å². The van der Waals surface area contributed by atoms with Crippen molar-refractivity contribution in [2.75, 3.05) is 5.75 Å². The minimum absolute atomic E-state index is 0.818. The molecular weight excluding hydrogens is 188 g/mol. The van der Waals surface area contributed by atoms with Crippen molar-refractivity contribution in [2.45, 2.75) is 25.7 Å². The Morgan fingerprint density at radius 1 is 1.33 bits per heavy atom. The van der Waals surface area contributed by atoms with E-state index in [1.807, 2.05) is 32.0 Å². The van der Waals surface area contributed by atoms with Crippen LogP contribution in [-0.2, 0) is 0 Å². The van der Waals surface area contributed by atoms with Gasteiger partial charge < -0.3 is 0 Å². The molecule has 0 aliphatic heterocycles. The minimum Gasteiger partial charge on any atom is -0.126 e. The third-order valence-electron chi connectivity index (χ3n) is 1.11. The number of hydrogen-bond donors (Lipinski definition) is 0. The van der Waals surface area contributed by atoms with Gasteiger partial charge in [0.25, 0.3) is 0 Å². The van der Waals surface area contributed by atoms with Gasteiger partial charge in [0.2, 0.25) is 0 Å². The van der Waals surface area contributed by atoms with Crippen molar-refractivity contribution >= 4 is 23.4 Å². The van der Waals surface area contributed by atoms with E-state index in [0.717, 1.165) is 10.8 Å². The van der Waals surface area contributed by atoms with Crippen LogP contribution in [0.2, 0.25) is 5.02 Å². The first-order valence-corrected chi connectivity index (χ1v) is 5.57. The zero-order valence-electron chi connectivity index (χ0n) is 7.80. The lowest BCUT2D eigenvalue weighted by Gasteiger charge is -1.96. The fourth-order valence-electron chi connectivity index (χ4n) is 0.723. The molecule has 0 fully saturated rings. The van der Waals surface area contributed by atoms with Gasteiger partial charge >= 0.3 is 0 Å². The maximum absolute atomic E-state index is 5.77. The second-order valence-corrected chi connectivity index (χ2v) is 3.66. The molecule has 1 aromatic carbocycles. The Bertz CT molecular complexity index is 211. The summed E-state index contributed by atoms with van der Waals surface area (Å²) in [4.78, 5) is 1.25. The number of benzene rings is 1. The van der Waals surface area contributed by atoms with Crippen LogP contribution in [-0.4, -0.2) is 5.75 Å². The molecular formula is C10H15ClS. The predicted octanol–water partition coefficient (Wildman–Crippen LogP) is 4.48. The van der Waals surface area contributed by atoms with Crippen LogP contribution in [0.4, 0.5) is 0 Å². The van der Waals surface area contributed by atoms with Gasteiger partial charge in [-0.15, -0.1) is 11.8 Å². The second kappa shape index (κ2) is 7.51. The third-order valence-corrected chi connectivity index (χ3v) is 2.22. The van der Waals surface area contributed by atoms with Gasteiger partial charge in [-0.25, -0.2) is 0 Å². The summed E-state index contributed by atoms with van der Waals surface area (Å²) in [5.74, 6) is 1.10. The van der Waals surface area contributed by atoms with E-state index in [-0.39, 0.29) is 0 Å². The van der Waals surface area contributed by atoms with Crippen molar-refractivity contribution < 1.29 is 0 Å². The summed E-state index contributed by atoms with van der Waals surface area (Å²) < 4.78 is 0. The predicted molar refractivity (Wildman–Crippen MR) is 59.2 cm³/mol. The largest absolute Gasteiger partial charge is 0.126 e. The smallest absolute Gasteiger partial charge is 0.0417 e. The van der Waals surface area contributed by atoms with Gasteiger partial charge in [0.05, 0.1) is 0 Å². The maximum Gasteiger partial charge on any atom is 0.0417 e. The normalized spacial score (nSPS) is 8.67. The molecule has 0 N–H and O–H groups in total. The average molecular weight is 203 g/mol. The number of rotatable bonds is 2. The lowest BCUT2D eigenvalue weighted by atomic mass is 10.4. The molecule has 0 spiro atoms. The van der Waals surface area contributed by atoms with E-state index >= 15 is 0 Å². The Hall–Kier alpha value is -0.140. The summed E-state index contributed by atoms with van der Waals surface area (Å²) in [5, 5.41) is 0.818. The molecule has 1 aromatic rings. The van der Waals surface area contributed by atoms with Gasteiger partial charge in [0.15, 0.2) is 0 Å². The van der Waals surface area contributed by atoms with Gasteiger partial charge in [0.1, 0.15) is 0 Å². The zero-order valence-corrected chi connectivity index (χ0v) is 9.38. The fourth-order valence-corrected chi connectivity index (χ4v) is 1.70. The highest BCUT2D eigenvalue weighted by Gasteiger charge is 1.90. The topological polar surface area (TPSA) is 0 Å². The van der Waals surface area contributed by atoms with Crippen molar-refractivity contribution in [2.24, 2.45) is 0 Å². The van der Waals surface area contributed by atoms with Crippen molar-refractivity contribution in [1.29, 1.82) is 0 Å². The Morgan fingerprint density at radius 3 is 2.50 bits per heavy atom. The SMILES string of the molecule is CC.CCSc1cccc(Cl)c1. The fraction of sp³-hybridized carbons (Fsp3) is 0.400. The molecule has 0 bridgehead atoms. The molecule has 0 heterocycles. The number of thioether (sulfide) groups is 1. The summed E-state index contributed by atoms with van der Waals surface area (Å²) in [6, 6.07) is 7.91. The first-order valence-electron chi connectivity index (χ1n) is 4.21. The molecule has 0 radical (unpaired) electrons. The van der Waals surface area contributed by atoms with Crippen LogP contribution in [0.25, 0.3) is 0 Å². The van der Waals surface area contributed by atoms with Crippen molar-refractivity contribution in [3.05, 3.63) is 29.3 Å². The highest BCUT2D eigenvalue weighted by Crippen LogP contribution is 2.20. The van der Waals surface area contributed by atoms with Crippen LogP contribution >= 0.6 is 23.4 Å². The Morgan fingerprint density at radius 2 is 2.00 bits per heavy atom.